The first kappa shape index (κ1) is 19.1. The lowest BCUT2D eigenvalue weighted by Gasteiger charge is -2.14. The molecule has 1 aromatic heterocycles. The van der Waals surface area contributed by atoms with E-state index in [1.54, 1.807) is 44.2 Å². The number of hydrogen-bond acceptors (Lipinski definition) is 6. The minimum atomic E-state index is -0.300. The number of rotatable bonds is 9. The van der Waals surface area contributed by atoms with Crippen LogP contribution in [0.1, 0.15) is 16.9 Å². The first-order valence-electron chi connectivity index (χ1n) is 7.81. The minimum absolute atomic E-state index is 0.0976. The Hall–Kier alpha value is -2.19. The number of ether oxygens (including phenoxy) is 2. The smallest absolute Gasteiger partial charge is 0.269 e. The molecule has 1 heterocycles. The van der Waals surface area contributed by atoms with Crippen molar-refractivity contribution in [1.82, 2.24) is 15.5 Å². The van der Waals surface area contributed by atoms with Gasteiger partial charge in [-0.3, -0.25) is 9.89 Å². The van der Waals surface area contributed by atoms with Crippen LogP contribution in [0.2, 0.25) is 0 Å². The van der Waals surface area contributed by atoms with E-state index in [0.717, 1.165) is 11.3 Å². The molecular weight excluding hydrogens is 342 g/mol. The van der Waals surface area contributed by atoms with E-state index < -0.39 is 0 Å². The number of benzene rings is 1. The number of nitrogens with one attached hydrogen (secondary N) is 2. The van der Waals surface area contributed by atoms with Crippen LogP contribution in [-0.4, -0.2) is 60.1 Å². The summed E-state index contributed by atoms with van der Waals surface area (Å²) >= 11 is 1.67. The molecule has 1 amide bonds. The van der Waals surface area contributed by atoms with Crippen molar-refractivity contribution >= 4 is 17.7 Å². The van der Waals surface area contributed by atoms with E-state index >= 15 is 0 Å². The highest BCUT2D eigenvalue weighted by Crippen LogP contribution is 2.32. The number of methoxy groups -OCH3 is 2. The lowest BCUT2D eigenvalue weighted by molar-refractivity contribution is 0.0910. The van der Waals surface area contributed by atoms with Crippen LogP contribution >= 0.6 is 11.8 Å². The number of carbonyl (C=O) groups is 1. The second kappa shape index (κ2) is 9.33. The molecule has 1 atom stereocenters. The summed E-state index contributed by atoms with van der Waals surface area (Å²) in [6.45, 7) is -0.0976. The van der Waals surface area contributed by atoms with Crippen molar-refractivity contribution in [3.63, 3.8) is 0 Å². The molecule has 0 aliphatic rings. The maximum Gasteiger partial charge on any atom is 0.269 e. The molecule has 8 heteroatoms. The monoisotopic (exact) mass is 365 g/mol. The van der Waals surface area contributed by atoms with Crippen LogP contribution in [0.15, 0.2) is 24.3 Å². The maximum atomic E-state index is 12.3. The zero-order valence-electron chi connectivity index (χ0n) is 14.5. The van der Waals surface area contributed by atoms with E-state index in [1.807, 2.05) is 12.3 Å². The molecule has 0 spiro atoms. The Labute approximate surface area is 151 Å². The van der Waals surface area contributed by atoms with Gasteiger partial charge in [0.05, 0.1) is 32.6 Å². The average molecular weight is 365 g/mol. The topological polar surface area (TPSA) is 96.5 Å². The highest BCUT2D eigenvalue weighted by atomic mass is 32.2. The third kappa shape index (κ3) is 4.90. The van der Waals surface area contributed by atoms with E-state index in [1.165, 1.54) is 0 Å². The van der Waals surface area contributed by atoms with Gasteiger partial charge < -0.3 is 19.9 Å². The zero-order valence-corrected chi connectivity index (χ0v) is 15.4. The third-order valence-electron chi connectivity index (χ3n) is 3.73. The summed E-state index contributed by atoms with van der Waals surface area (Å²) in [5.74, 6) is 1.84. The van der Waals surface area contributed by atoms with Crippen LogP contribution in [0.3, 0.4) is 0 Å². The molecule has 3 N–H and O–H groups in total. The molecule has 1 aromatic carbocycles. The molecule has 136 valence electrons. The van der Waals surface area contributed by atoms with Crippen molar-refractivity contribution < 1.29 is 19.4 Å². The van der Waals surface area contributed by atoms with E-state index in [2.05, 4.69) is 15.5 Å². The first-order chi connectivity index (χ1) is 12.1. The highest BCUT2D eigenvalue weighted by molar-refractivity contribution is 7.98. The molecule has 7 nitrogen and oxygen atoms in total. The van der Waals surface area contributed by atoms with Gasteiger partial charge in [0.25, 0.3) is 5.91 Å². The standard InChI is InChI=1S/C17H23N3O4S/c1-23-12-4-5-13(16(8-12)24-2)14-9-15(20-19-14)17(22)18-11(10-21)6-7-25-3/h4-5,8-9,11,21H,6-7,10H2,1-3H3,(H,18,22)(H,19,20). The molecule has 0 saturated heterocycles. The van der Waals surface area contributed by atoms with Crippen molar-refractivity contribution in [2.45, 2.75) is 12.5 Å². The van der Waals surface area contributed by atoms with Gasteiger partial charge in [0.2, 0.25) is 0 Å². The lowest BCUT2D eigenvalue weighted by Crippen LogP contribution is -2.38. The fourth-order valence-corrected chi connectivity index (χ4v) is 2.84. The summed E-state index contributed by atoms with van der Waals surface area (Å²) in [4.78, 5) is 12.3. The predicted octanol–water partition coefficient (Wildman–Crippen LogP) is 1.94. The van der Waals surface area contributed by atoms with Gasteiger partial charge >= 0.3 is 0 Å². The lowest BCUT2D eigenvalue weighted by atomic mass is 10.1. The van der Waals surface area contributed by atoms with E-state index in [4.69, 9.17) is 9.47 Å². The quantitative estimate of drug-likeness (QED) is 0.628. The molecule has 0 bridgehead atoms. The van der Waals surface area contributed by atoms with Crippen LogP contribution < -0.4 is 14.8 Å². The number of hydrogen-bond donors (Lipinski definition) is 3. The fraction of sp³-hybridized carbons (Fsp3) is 0.412. The predicted molar refractivity (Wildman–Crippen MR) is 98.5 cm³/mol. The number of H-pyrrole nitrogens is 1. The highest BCUT2D eigenvalue weighted by Gasteiger charge is 2.17. The Morgan fingerprint density at radius 1 is 1.36 bits per heavy atom. The number of nitrogens with zero attached hydrogens (tertiary/aromatic N) is 1. The normalized spacial score (nSPS) is 11.8. The van der Waals surface area contributed by atoms with Gasteiger partial charge in [0.15, 0.2) is 0 Å². The molecule has 25 heavy (non-hydrogen) atoms. The Morgan fingerprint density at radius 2 is 2.16 bits per heavy atom. The summed E-state index contributed by atoms with van der Waals surface area (Å²) in [6.07, 6.45) is 2.69. The van der Waals surface area contributed by atoms with E-state index in [0.29, 0.717) is 29.3 Å². The number of aliphatic hydroxyl groups excluding tert-OH is 1. The fourth-order valence-electron chi connectivity index (χ4n) is 2.32. The van der Waals surface area contributed by atoms with Gasteiger partial charge in [-0.1, -0.05) is 0 Å². The molecule has 0 radical (unpaired) electrons. The van der Waals surface area contributed by atoms with Crippen LogP contribution in [-0.2, 0) is 0 Å². The van der Waals surface area contributed by atoms with E-state index in [9.17, 15) is 9.90 Å². The van der Waals surface area contributed by atoms with Gasteiger partial charge in [-0.2, -0.15) is 16.9 Å². The number of aliphatic hydroxyl groups is 1. The Morgan fingerprint density at radius 3 is 2.80 bits per heavy atom. The zero-order chi connectivity index (χ0) is 18.2. The van der Waals surface area contributed by atoms with Gasteiger partial charge in [0, 0.05) is 11.6 Å². The van der Waals surface area contributed by atoms with Crippen LogP contribution in [0.4, 0.5) is 0 Å². The Bertz CT molecular complexity index is 705. The van der Waals surface area contributed by atoms with Crippen LogP contribution in [0.5, 0.6) is 11.5 Å². The number of thioether (sulfide) groups is 1. The summed E-state index contributed by atoms with van der Waals surface area (Å²) in [5, 5.41) is 19.1. The SMILES string of the molecule is COc1ccc(-c2cc(C(=O)NC(CO)CCSC)[nH]n2)c(OC)c1. The molecule has 2 aromatic rings. The van der Waals surface area contributed by atoms with Crippen molar-refractivity contribution in [1.29, 1.82) is 0 Å². The Balaban J connectivity index is 2.15. The number of aromatic nitrogens is 2. The van der Waals surface area contributed by atoms with Gasteiger partial charge in [-0.15, -0.1) is 0 Å². The van der Waals surface area contributed by atoms with E-state index in [-0.39, 0.29) is 18.6 Å². The third-order valence-corrected chi connectivity index (χ3v) is 4.38. The van der Waals surface area contributed by atoms with Gasteiger partial charge in [0.1, 0.15) is 17.2 Å². The molecule has 0 saturated carbocycles. The largest absolute Gasteiger partial charge is 0.497 e. The van der Waals surface area contributed by atoms with Crippen molar-refractivity contribution in [3.8, 4) is 22.8 Å². The molecular formula is C17H23N3O4S. The first-order valence-corrected chi connectivity index (χ1v) is 9.20. The molecule has 0 aliphatic carbocycles. The Kier molecular flexibility index (Phi) is 7.15. The van der Waals surface area contributed by atoms with Gasteiger partial charge in [-0.25, -0.2) is 0 Å². The summed E-state index contributed by atoms with van der Waals surface area (Å²) in [5.41, 5.74) is 1.67. The summed E-state index contributed by atoms with van der Waals surface area (Å²) in [7, 11) is 3.15. The van der Waals surface area contributed by atoms with Crippen LogP contribution in [0.25, 0.3) is 11.3 Å². The van der Waals surface area contributed by atoms with Crippen LogP contribution in [0, 0.1) is 0 Å². The van der Waals surface area contributed by atoms with Crippen molar-refractivity contribution in [2.75, 3.05) is 32.8 Å². The molecule has 0 aliphatic heterocycles. The van der Waals surface area contributed by atoms with Crippen molar-refractivity contribution in [2.24, 2.45) is 0 Å². The number of amides is 1. The second-order valence-electron chi connectivity index (χ2n) is 5.37. The summed E-state index contributed by atoms with van der Waals surface area (Å²) < 4.78 is 10.5. The molecule has 0 fully saturated rings. The second-order valence-corrected chi connectivity index (χ2v) is 6.35. The number of carbonyl (C=O) groups excluding carboxylic acids is 1. The molecule has 1 unspecified atom stereocenters. The summed E-state index contributed by atoms with van der Waals surface area (Å²) in [6, 6.07) is 6.76. The molecule has 2 rings (SSSR count). The van der Waals surface area contributed by atoms with Crippen molar-refractivity contribution in [3.05, 3.63) is 30.0 Å². The maximum absolute atomic E-state index is 12.3. The van der Waals surface area contributed by atoms with Gasteiger partial charge in [-0.05, 0) is 36.6 Å². The minimum Gasteiger partial charge on any atom is -0.497 e. The average Bonchev–Trinajstić information content (AvgIpc) is 3.14. The number of aromatic amines is 1.